The average molecular weight is 242 g/mol. The van der Waals surface area contributed by atoms with Crippen molar-refractivity contribution in [1.29, 1.82) is 0 Å². The van der Waals surface area contributed by atoms with Gasteiger partial charge >= 0.3 is 0 Å². The molecule has 3 heteroatoms. The monoisotopic (exact) mass is 242 g/mol. The lowest BCUT2D eigenvalue weighted by molar-refractivity contribution is 0.0166. The van der Waals surface area contributed by atoms with Gasteiger partial charge in [0.15, 0.2) is 0 Å². The van der Waals surface area contributed by atoms with Crippen LogP contribution in [0.2, 0.25) is 0 Å². The van der Waals surface area contributed by atoms with Crippen LogP contribution in [0.25, 0.3) is 0 Å². The Morgan fingerprint density at radius 1 is 1.29 bits per heavy atom. The molecule has 0 aromatic rings. The van der Waals surface area contributed by atoms with E-state index in [9.17, 15) is 5.11 Å². The minimum atomic E-state index is -0.503. The van der Waals surface area contributed by atoms with Crippen molar-refractivity contribution in [3.8, 4) is 0 Å². The Balaban J connectivity index is 4.55. The highest BCUT2D eigenvalue weighted by molar-refractivity contribution is 5.04. The second-order valence-corrected chi connectivity index (χ2v) is 5.41. The summed E-state index contributed by atoms with van der Waals surface area (Å²) in [7, 11) is 0. The predicted octanol–water partition coefficient (Wildman–Crippen LogP) is 2.04. The molecule has 0 saturated carbocycles. The molecule has 17 heavy (non-hydrogen) atoms. The summed E-state index contributed by atoms with van der Waals surface area (Å²) in [6, 6.07) is -0.176. The van der Waals surface area contributed by atoms with Crippen LogP contribution in [0.1, 0.15) is 47.0 Å². The zero-order valence-electron chi connectivity index (χ0n) is 11.8. The lowest BCUT2D eigenvalue weighted by Gasteiger charge is -2.38. The van der Waals surface area contributed by atoms with Crippen LogP contribution in [0.15, 0.2) is 12.2 Å². The van der Waals surface area contributed by atoms with Gasteiger partial charge in [0.25, 0.3) is 0 Å². The van der Waals surface area contributed by atoms with Crippen LogP contribution in [-0.4, -0.2) is 23.8 Å². The van der Waals surface area contributed by atoms with Crippen LogP contribution >= 0.6 is 0 Å². The first-order chi connectivity index (χ1) is 7.90. The third-order valence-corrected chi connectivity index (χ3v) is 3.80. The van der Waals surface area contributed by atoms with Gasteiger partial charge in [-0.2, -0.15) is 0 Å². The molecule has 0 saturated heterocycles. The summed E-state index contributed by atoms with van der Waals surface area (Å²) in [6.07, 6.45) is 6.36. The van der Waals surface area contributed by atoms with Crippen LogP contribution in [0.3, 0.4) is 0 Å². The summed E-state index contributed by atoms with van der Waals surface area (Å²) < 4.78 is 0. The van der Waals surface area contributed by atoms with Gasteiger partial charge in [0.05, 0.1) is 6.10 Å². The van der Waals surface area contributed by atoms with Crippen molar-refractivity contribution in [2.75, 3.05) is 6.54 Å². The second-order valence-electron chi connectivity index (χ2n) is 5.41. The van der Waals surface area contributed by atoms with Crippen molar-refractivity contribution in [2.45, 2.75) is 59.1 Å². The fourth-order valence-electron chi connectivity index (χ4n) is 2.14. The SMILES string of the molecule is CC=CC(C)(C(C)C)C(O)[C@H](N)CCCCN. The van der Waals surface area contributed by atoms with Crippen molar-refractivity contribution >= 4 is 0 Å². The Morgan fingerprint density at radius 2 is 1.88 bits per heavy atom. The highest BCUT2D eigenvalue weighted by Gasteiger charge is 2.36. The van der Waals surface area contributed by atoms with Crippen molar-refractivity contribution < 1.29 is 5.11 Å². The van der Waals surface area contributed by atoms with E-state index < -0.39 is 6.10 Å². The van der Waals surface area contributed by atoms with Gasteiger partial charge in [0, 0.05) is 11.5 Å². The number of aliphatic hydroxyl groups is 1. The van der Waals surface area contributed by atoms with Gasteiger partial charge in [-0.05, 0) is 32.2 Å². The van der Waals surface area contributed by atoms with Gasteiger partial charge in [-0.15, -0.1) is 0 Å². The first kappa shape index (κ1) is 16.6. The lowest BCUT2D eigenvalue weighted by Crippen LogP contribution is -2.47. The van der Waals surface area contributed by atoms with Crippen molar-refractivity contribution in [3.63, 3.8) is 0 Å². The Labute approximate surface area is 106 Å². The Hall–Kier alpha value is -0.380. The molecule has 0 radical (unpaired) electrons. The normalized spacial score (nSPS) is 19.5. The third kappa shape index (κ3) is 4.78. The quantitative estimate of drug-likeness (QED) is 0.450. The molecule has 102 valence electrons. The lowest BCUT2D eigenvalue weighted by atomic mass is 9.71. The molecule has 0 heterocycles. The maximum absolute atomic E-state index is 10.4. The first-order valence-electron chi connectivity index (χ1n) is 6.67. The molecule has 3 nitrogen and oxygen atoms in total. The topological polar surface area (TPSA) is 72.3 Å². The Kier molecular flexibility index (Phi) is 7.68. The smallest absolute Gasteiger partial charge is 0.0781 e. The van der Waals surface area contributed by atoms with Crippen molar-refractivity contribution in [3.05, 3.63) is 12.2 Å². The number of aliphatic hydroxyl groups excluding tert-OH is 1. The van der Waals surface area contributed by atoms with Gasteiger partial charge in [0.2, 0.25) is 0 Å². The molecule has 5 N–H and O–H groups in total. The van der Waals surface area contributed by atoms with Crippen LogP contribution < -0.4 is 11.5 Å². The summed E-state index contributed by atoms with van der Waals surface area (Å²) in [5.74, 6) is 0.356. The fraction of sp³-hybridized carbons (Fsp3) is 0.857. The number of unbranched alkanes of at least 4 members (excludes halogenated alkanes) is 1. The predicted molar refractivity (Wildman–Crippen MR) is 74.6 cm³/mol. The first-order valence-corrected chi connectivity index (χ1v) is 6.67. The minimum absolute atomic E-state index is 0.176. The molecular weight excluding hydrogens is 212 g/mol. The molecule has 0 aromatic heterocycles. The Morgan fingerprint density at radius 3 is 2.29 bits per heavy atom. The van der Waals surface area contributed by atoms with Gasteiger partial charge in [-0.3, -0.25) is 0 Å². The van der Waals surface area contributed by atoms with Crippen molar-refractivity contribution in [1.82, 2.24) is 0 Å². The van der Waals surface area contributed by atoms with Crippen molar-refractivity contribution in [2.24, 2.45) is 22.8 Å². The molecule has 0 spiro atoms. The van der Waals surface area contributed by atoms with Gasteiger partial charge in [0.1, 0.15) is 0 Å². The van der Waals surface area contributed by atoms with E-state index in [1.54, 1.807) is 0 Å². The van der Waals surface area contributed by atoms with E-state index in [4.69, 9.17) is 11.5 Å². The van der Waals surface area contributed by atoms with E-state index in [1.807, 2.05) is 13.0 Å². The van der Waals surface area contributed by atoms with Gasteiger partial charge in [-0.1, -0.05) is 39.3 Å². The van der Waals surface area contributed by atoms with Crippen LogP contribution in [0.4, 0.5) is 0 Å². The fourth-order valence-corrected chi connectivity index (χ4v) is 2.14. The maximum atomic E-state index is 10.4. The molecule has 0 aliphatic carbocycles. The number of hydrogen-bond acceptors (Lipinski definition) is 3. The molecule has 0 aliphatic heterocycles. The summed E-state index contributed by atoms with van der Waals surface area (Å²) >= 11 is 0. The van der Waals surface area contributed by atoms with E-state index in [0.717, 1.165) is 19.3 Å². The highest BCUT2D eigenvalue weighted by Crippen LogP contribution is 2.34. The van der Waals surface area contributed by atoms with E-state index in [2.05, 4.69) is 26.8 Å². The maximum Gasteiger partial charge on any atom is 0.0781 e. The minimum Gasteiger partial charge on any atom is -0.391 e. The molecular formula is C14H30N2O. The average Bonchev–Trinajstić information content (AvgIpc) is 2.28. The molecule has 0 amide bonds. The zero-order valence-corrected chi connectivity index (χ0v) is 11.8. The summed E-state index contributed by atoms with van der Waals surface area (Å²) in [6.45, 7) is 8.99. The van der Waals surface area contributed by atoms with E-state index in [1.165, 1.54) is 0 Å². The van der Waals surface area contributed by atoms with Crippen LogP contribution in [-0.2, 0) is 0 Å². The second kappa shape index (κ2) is 7.85. The summed E-state index contributed by atoms with van der Waals surface area (Å²) in [4.78, 5) is 0. The van der Waals surface area contributed by atoms with E-state index in [0.29, 0.717) is 12.5 Å². The third-order valence-electron chi connectivity index (χ3n) is 3.80. The molecule has 2 unspecified atom stereocenters. The standard InChI is InChI=1S/C14H30N2O/c1-5-9-14(4,11(2)3)13(17)12(16)8-6-7-10-15/h5,9,11-13,17H,6-8,10,15-16H2,1-4H3/t12-,13?,14?/m1/s1. The van der Waals surface area contributed by atoms with Gasteiger partial charge in [-0.25, -0.2) is 0 Å². The zero-order chi connectivity index (χ0) is 13.5. The molecule has 0 rings (SSSR count). The van der Waals surface area contributed by atoms with E-state index in [-0.39, 0.29) is 11.5 Å². The van der Waals surface area contributed by atoms with Crippen LogP contribution in [0.5, 0.6) is 0 Å². The summed E-state index contributed by atoms with van der Waals surface area (Å²) in [5, 5.41) is 10.4. The molecule has 0 aromatic carbocycles. The number of hydrogen-bond donors (Lipinski definition) is 3. The summed E-state index contributed by atoms with van der Waals surface area (Å²) in [5.41, 5.74) is 11.3. The Bertz CT molecular complexity index is 228. The number of allylic oxidation sites excluding steroid dienone is 1. The molecule has 0 fully saturated rings. The van der Waals surface area contributed by atoms with E-state index >= 15 is 0 Å². The molecule has 3 atom stereocenters. The highest BCUT2D eigenvalue weighted by atomic mass is 16.3. The molecule has 0 bridgehead atoms. The number of rotatable bonds is 8. The number of nitrogens with two attached hydrogens (primary N) is 2. The largest absolute Gasteiger partial charge is 0.391 e. The van der Waals surface area contributed by atoms with Crippen LogP contribution in [0, 0.1) is 11.3 Å². The van der Waals surface area contributed by atoms with Gasteiger partial charge < -0.3 is 16.6 Å². The molecule has 0 aliphatic rings.